The number of unbranched alkanes of at least 4 members (excludes halogenated alkanes) is 6. The third-order valence-corrected chi connectivity index (χ3v) is 6.46. The maximum atomic E-state index is 12.9. The molecular formula is C25H45NO5. The lowest BCUT2D eigenvalue weighted by Crippen LogP contribution is -2.40. The van der Waals surface area contributed by atoms with Crippen LogP contribution in [-0.2, 0) is 19.1 Å². The van der Waals surface area contributed by atoms with Gasteiger partial charge in [0.2, 0.25) is 5.91 Å². The monoisotopic (exact) mass is 439 g/mol. The maximum Gasteiger partial charge on any atom is 0.305 e. The molecule has 1 heterocycles. The summed E-state index contributed by atoms with van der Waals surface area (Å²) in [5.74, 6) is -0.285. The summed E-state index contributed by atoms with van der Waals surface area (Å²) in [6.07, 6.45) is 10.2. The Kier molecular flexibility index (Phi) is 11.7. The molecule has 1 fully saturated rings. The Hall–Kier alpha value is -1.43. The molecule has 0 spiro atoms. The zero-order valence-corrected chi connectivity index (χ0v) is 20.5. The number of aliphatic hydroxyl groups is 1. The summed E-state index contributed by atoms with van der Waals surface area (Å²) in [5.41, 5.74) is -1.80. The van der Waals surface area contributed by atoms with E-state index in [2.05, 4.69) is 6.92 Å². The lowest BCUT2D eigenvalue weighted by atomic mass is 9.87. The highest BCUT2D eigenvalue weighted by Gasteiger charge is 2.52. The largest absolute Gasteiger partial charge is 0.466 e. The average molecular weight is 440 g/mol. The SMILES string of the molecule is CCCCCCC(C)(O)CCN1C(=O)C(C)(C)C(=O)C1CCCCCCC(=O)OCC. The van der Waals surface area contributed by atoms with E-state index in [1.165, 1.54) is 6.42 Å². The van der Waals surface area contributed by atoms with E-state index in [9.17, 15) is 19.5 Å². The van der Waals surface area contributed by atoms with Gasteiger partial charge in [-0.15, -0.1) is 0 Å². The number of ketones is 1. The molecule has 6 nitrogen and oxygen atoms in total. The van der Waals surface area contributed by atoms with Gasteiger partial charge in [-0.2, -0.15) is 0 Å². The number of rotatable bonds is 16. The summed E-state index contributed by atoms with van der Waals surface area (Å²) in [7, 11) is 0. The average Bonchev–Trinajstić information content (AvgIpc) is 2.86. The molecule has 1 N–H and O–H groups in total. The highest BCUT2D eigenvalue weighted by molar-refractivity contribution is 6.13. The normalized spacial score (nSPS) is 20.2. The minimum atomic E-state index is -0.985. The molecule has 0 aromatic rings. The van der Waals surface area contributed by atoms with Gasteiger partial charge in [-0.1, -0.05) is 51.9 Å². The minimum absolute atomic E-state index is 0.00777. The molecule has 0 aromatic carbocycles. The quantitative estimate of drug-likeness (QED) is 0.212. The Balaban J connectivity index is 2.53. The van der Waals surface area contributed by atoms with E-state index in [4.69, 9.17) is 4.74 Å². The van der Waals surface area contributed by atoms with Crippen molar-refractivity contribution in [2.45, 2.75) is 123 Å². The number of esters is 1. The van der Waals surface area contributed by atoms with Crippen molar-refractivity contribution in [2.24, 2.45) is 5.41 Å². The molecule has 2 unspecified atom stereocenters. The van der Waals surface area contributed by atoms with E-state index in [0.29, 0.717) is 32.4 Å². The van der Waals surface area contributed by atoms with Crippen LogP contribution in [0.25, 0.3) is 0 Å². The smallest absolute Gasteiger partial charge is 0.305 e. The molecule has 6 heteroatoms. The van der Waals surface area contributed by atoms with Gasteiger partial charge in [0.05, 0.1) is 18.2 Å². The molecule has 180 valence electrons. The van der Waals surface area contributed by atoms with E-state index in [1.807, 2.05) is 6.92 Å². The Morgan fingerprint density at radius 1 is 1.03 bits per heavy atom. The van der Waals surface area contributed by atoms with Gasteiger partial charge in [-0.3, -0.25) is 14.4 Å². The lowest BCUT2D eigenvalue weighted by Gasteiger charge is -2.29. The molecule has 0 saturated carbocycles. The molecule has 31 heavy (non-hydrogen) atoms. The zero-order valence-electron chi connectivity index (χ0n) is 20.5. The second-order valence-corrected chi connectivity index (χ2v) is 9.82. The molecule has 0 aliphatic carbocycles. The molecule has 1 saturated heterocycles. The van der Waals surface area contributed by atoms with Crippen molar-refractivity contribution in [2.75, 3.05) is 13.2 Å². The van der Waals surface area contributed by atoms with Crippen molar-refractivity contribution in [1.29, 1.82) is 0 Å². The van der Waals surface area contributed by atoms with Crippen LogP contribution in [0.15, 0.2) is 0 Å². The number of hydrogen-bond acceptors (Lipinski definition) is 5. The summed E-state index contributed by atoms with van der Waals surface area (Å²) in [6.45, 7) is 10.1. The summed E-state index contributed by atoms with van der Waals surface area (Å²) >= 11 is 0. The van der Waals surface area contributed by atoms with Crippen LogP contribution < -0.4 is 0 Å². The van der Waals surface area contributed by atoms with E-state index < -0.39 is 17.1 Å². The minimum Gasteiger partial charge on any atom is -0.466 e. The van der Waals surface area contributed by atoms with Crippen LogP contribution in [0.4, 0.5) is 0 Å². The third kappa shape index (κ3) is 8.91. The van der Waals surface area contributed by atoms with E-state index >= 15 is 0 Å². The van der Waals surface area contributed by atoms with Gasteiger partial charge in [0, 0.05) is 13.0 Å². The van der Waals surface area contributed by atoms with Crippen LogP contribution in [0.3, 0.4) is 0 Å². The number of Topliss-reactive ketones (excluding diaryl/α,β-unsaturated/α-hetero) is 1. The topological polar surface area (TPSA) is 83.9 Å². The van der Waals surface area contributed by atoms with Crippen LogP contribution in [0.5, 0.6) is 0 Å². The first-order chi connectivity index (χ1) is 14.6. The van der Waals surface area contributed by atoms with Crippen LogP contribution >= 0.6 is 0 Å². The fraction of sp³-hybridized carbons (Fsp3) is 0.880. The number of nitrogens with zero attached hydrogens (tertiary/aromatic N) is 1. The van der Waals surface area contributed by atoms with Gasteiger partial charge in [-0.25, -0.2) is 0 Å². The number of likely N-dealkylation sites (tertiary alicyclic amines) is 1. The van der Waals surface area contributed by atoms with Crippen molar-refractivity contribution < 1.29 is 24.2 Å². The summed E-state index contributed by atoms with van der Waals surface area (Å²) in [4.78, 5) is 38.9. The number of amides is 1. The van der Waals surface area contributed by atoms with Gasteiger partial charge in [0.15, 0.2) is 5.78 Å². The molecule has 1 aliphatic rings. The van der Waals surface area contributed by atoms with E-state index in [-0.39, 0.29) is 17.7 Å². The lowest BCUT2D eigenvalue weighted by molar-refractivity contribution is -0.143. The molecule has 2 atom stereocenters. The predicted octanol–water partition coefficient (Wildman–Crippen LogP) is 4.81. The first-order valence-electron chi connectivity index (χ1n) is 12.3. The molecule has 1 aliphatic heterocycles. The van der Waals surface area contributed by atoms with Gasteiger partial charge >= 0.3 is 5.97 Å². The van der Waals surface area contributed by atoms with Crippen molar-refractivity contribution in [3.63, 3.8) is 0 Å². The Morgan fingerprint density at radius 2 is 1.68 bits per heavy atom. The van der Waals surface area contributed by atoms with Crippen molar-refractivity contribution >= 4 is 17.7 Å². The molecular weight excluding hydrogens is 394 g/mol. The van der Waals surface area contributed by atoms with Crippen LogP contribution in [0.2, 0.25) is 0 Å². The molecule has 0 aromatic heterocycles. The third-order valence-electron chi connectivity index (χ3n) is 6.46. The Labute approximate surface area is 189 Å². The fourth-order valence-electron chi connectivity index (χ4n) is 4.32. The van der Waals surface area contributed by atoms with Gasteiger partial charge < -0.3 is 14.7 Å². The zero-order chi connectivity index (χ0) is 23.5. The fourth-order valence-corrected chi connectivity index (χ4v) is 4.32. The van der Waals surface area contributed by atoms with Crippen LogP contribution in [-0.4, -0.2) is 52.5 Å². The van der Waals surface area contributed by atoms with E-state index in [0.717, 1.165) is 51.4 Å². The molecule has 0 radical (unpaired) electrons. The summed E-state index contributed by atoms with van der Waals surface area (Å²) < 4.78 is 4.94. The second kappa shape index (κ2) is 13.2. The second-order valence-electron chi connectivity index (χ2n) is 9.82. The Bertz CT molecular complexity index is 584. The summed E-state index contributed by atoms with van der Waals surface area (Å²) in [5, 5.41) is 10.7. The number of hydrogen-bond donors (Lipinski definition) is 1. The van der Waals surface area contributed by atoms with Crippen molar-refractivity contribution in [1.82, 2.24) is 4.90 Å². The molecule has 0 bridgehead atoms. The van der Waals surface area contributed by atoms with Gasteiger partial charge in [0.1, 0.15) is 5.41 Å². The first-order valence-corrected chi connectivity index (χ1v) is 12.3. The predicted molar refractivity (Wildman–Crippen MR) is 123 cm³/mol. The number of carbonyl (C=O) groups excluding carboxylic acids is 3. The Morgan fingerprint density at radius 3 is 2.32 bits per heavy atom. The highest BCUT2D eigenvalue weighted by atomic mass is 16.5. The molecule has 1 amide bonds. The summed E-state index contributed by atoms with van der Waals surface area (Å²) in [6, 6.07) is -0.400. The van der Waals surface area contributed by atoms with E-state index in [1.54, 1.807) is 25.7 Å². The van der Waals surface area contributed by atoms with Crippen LogP contribution in [0.1, 0.15) is 112 Å². The standard InChI is InChI=1S/C25H45NO5/c1-6-8-9-14-17-25(5,30)18-19-26-20(22(28)24(3,4)23(26)29)15-12-10-11-13-16-21(27)31-7-2/h20,30H,6-19H2,1-5H3. The van der Waals surface area contributed by atoms with Gasteiger partial charge in [0.25, 0.3) is 0 Å². The van der Waals surface area contributed by atoms with Crippen molar-refractivity contribution in [3.05, 3.63) is 0 Å². The van der Waals surface area contributed by atoms with Gasteiger partial charge in [-0.05, 0) is 53.4 Å². The first kappa shape index (κ1) is 27.6. The molecule has 1 rings (SSSR count). The number of carbonyl (C=O) groups is 3. The van der Waals surface area contributed by atoms with Crippen LogP contribution in [0, 0.1) is 5.41 Å². The van der Waals surface area contributed by atoms with Crippen molar-refractivity contribution in [3.8, 4) is 0 Å². The maximum absolute atomic E-state index is 12.9. The number of ether oxygens (including phenoxy) is 1. The highest BCUT2D eigenvalue weighted by Crippen LogP contribution is 2.35.